The van der Waals surface area contributed by atoms with E-state index < -0.39 is 0 Å². The largest absolute Gasteiger partial charge is 0.329 e. The molecular weight excluding hydrogens is 659 g/mol. The predicted molar refractivity (Wildman–Crippen MR) is 195 cm³/mol. The number of rotatable bonds is 6. The highest BCUT2D eigenvalue weighted by atomic mass is 35.5. The van der Waals surface area contributed by atoms with Crippen molar-refractivity contribution in [2.45, 2.75) is 24.3 Å². The predicted octanol–water partition coefficient (Wildman–Crippen LogP) is 7.05. The van der Waals surface area contributed by atoms with Crippen molar-refractivity contribution in [3.05, 3.63) is 98.5 Å². The van der Waals surface area contributed by atoms with Crippen molar-refractivity contribution in [1.29, 1.82) is 0 Å². The van der Waals surface area contributed by atoms with Crippen LogP contribution in [0.5, 0.6) is 0 Å². The van der Waals surface area contributed by atoms with Gasteiger partial charge in [-0.25, -0.2) is 19.9 Å². The fourth-order valence-electron chi connectivity index (χ4n) is 5.22. The zero-order valence-electron chi connectivity index (χ0n) is 24.4. The molecule has 0 amide bonds. The molecule has 0 bridgehead atoms. The molecule has 5 heterocycles. The Kier molecular flexibility index (Phi) is 10.8. The van der Waals surface area contributed by atoms with Gasteiger partial charge in [-0.3, -0.25) is 14.4 Å². The van der Waals surface area contributed by atoms with Gasteiger partial charge in [-0.15, -0.1) is 0 Å². The van der Waals surface area contributed by atoms with Crippen LogP contribution in [0.15, 0.2) is 87.1 Å². The van der Waals surface area contributed by atoms with Crippen LogP contribution >= 0.6 is 46.7 Å². The van der Waals surface area contributed by atoms with Crippen LogP contribution in [0.1, 0.15) is 18.6 Å². The Hall–Kier alpha value is -3.74. The van der Waals surface area contributed by atoms with Crippen molar-refractivity contribution < 1.29 is 0 Å². The summed E-state index contributed by atoms with van der Waals surface area (Å²) in [6, 6.07) is 16.9. The number of fused-ring (bicyclic) bond motifs is 4. The summed E-state index contributed by atoms with van der Waals surface area (Å²) < 4.78 is 1.59. The molecule has 236 valence electrons. The summed E-state index contributed by atoms with van der Waals surface area (Å²) in [6.07, 6.45) is 9.56. The SMILES string of the molecule is C.CSc1ncc2c(n1)N1CCN=C1C(c1ccccc1Cl)=C2.CSc1ncc2cc(-c3ccccc3Cl)c(=O)n(CCN)c2n1. The van der Waals surface area contributed by atoms with Crippen molar-refractivity contribution in [2.24, 2.45) is 10.7 Å². The molecule has 0 saturated carbocycles. The zero-order valence-corrected chi connectivity index (χ0v) is 27.6. The van der Waals surface area contributed by atoms with Crippen molar-refractivity contribution in [3.63, 3.8) is 0 Å². The van der Waals surface area contributed by atoms with E-state index in [9.17, 15) is 4.79 Å². The molecule has 5 aromatic rings. The van der Waals surface area contributed by atoms with Crippen LogP contribution in [0.25, 0.3) is 33.8 Å². The normalized spacial score (nSPS) is 13.2. The van der Waals surface area contributed by atoms with E-state index in [1.165, 1.54) is 11.8 Å². The third-order valence-corrected chi connectivity index (χ3v) is 9.04. The van der Waals surface area contributed by atoms with E-state index in [1.807, 2.05) is 61.2 Å². The maximum Gasteiger partial charge on any atom is 0.260 e. The summed E-state index contributed by atoms with van der Waals surface area (Å²) >= 11 is 15.6. The van der Waals surface area contributed by atoms with Gasteiger partial charge in [0, 0.05) is 75.3 Å². The molecule has 13 heteroatoms. The second-order valence-electron chi connectivity index (χ2n) is 9.95. The Morgan fingerprint density at radius 2 is 1.54 bits per heavy atom. The highest BCUT2D eigenvalue weighted by Crippen LogP contribution is 2.37. The fourth-order valence-corrected chi connectivity index (χ4v) is 6.36. The highest BCUT2D eigenvalue weighted by Gasteiger charge is 2.31. The topological polar surface area (TPSA) is 115 Å². The van der Waals surface area contributed by atoms with Crippen molar-refractivity contribution >= 4 is 81.1 Å². The average molecular weight is 692 g/mol. The number of aromatic nitrogens is 5. The molecule has 0 fully saturated rings. The highest BCUT2D eigenvalue weighted by molar-refractivity contribution is 7.98. The summed E-state index contributed by atoms with van der Waals surface area (Å²) in [5.41, 5.74) is 10.4. The summed E-state index contributed by atoms with van der Waals surface area (Å²) in [7, 11) is 0. The third kappa shape index (κ3) is 6.56. The number of hydrogen-bond donors (Lipinski definition) is 1. The second-order valence-corrected chi connectivity index (χ2v) is 12.3. The van der Waals surface area contributed by atoms with Crippen LogP contribution in [0.3, 0.4) is 0 Å². The smallest absolute Gasteiger partial charge is 0.260 e. The molecular formula is C33H32Cl2N8OS2. The van der Waals surface area contributed by atoms with E-state index in [0.717, 1.165) is 57.0 Å². The van der Waals surface area contributed by atoms with Crippen LogP contribution in [0.4, 0.5) is 5.82 Å². The number of thioether (sulfide) groups is 2. The summed E-state index contributed by atoms with van der Waals surface area (Å²) in [6.45, 7) is 2.35. The first-order valence-corrected chi connectivity index (χ1v) is 17.2. The van der Waals surface area contributed by atoms with Gasteiger partial charge in [0.15, 0.2) is 10.3 Å². The van der Waals surface area contributed by atoms with Gasteiger partial charge < -0.3 is 10.6 Å². The molecule has 0 unspecified atom stereocenters. The number of anilines is 1. The number of amidine groups is 1. The van der Waals surface area contributed by atoms with Crippen LogP contribution in [-0.4, -0.2) is 62.5 Å². The molecule has 0 spiro atoms. The molecule has 0 saturated heterocycles. The number of nitrogens with two attached hydrogens (primary N) is 1. The van der Waals surface area contributed by atoms with E-state index in [1.54, 1.807) is 34.7 Å². The second kappa shape index (κ2) is 14.8. The van der Waals surface area contributed by atoms with Gasteiger partial charge in [0.2, 0.25) is 0 Å². The number of pyridine rings is 1. The van der Waals surface area contributed by atoms with Gasteiger partial charge in [0.05, 0.1) is 6.54 Å². The number of nitrogens with zero attached hydrogens (tertiary/aromatic N) is 7. The Balaban J connectivity index is 0.000000177. The van der Waals surface area contributed by atoms with E-state index >= 15 is 0 Å². The Morgan fingerprint density at radius 1 is 0.891 bits per heavy atom. The molecule has 0 aliphatic carbocycles. The molecule has 7 rings (SSSR count). The lowest BCUT2D eigenvalue weighted by Gasteiger charge is -2.27. The minimum absolute atomic E-state index is 0. The molecule has 0 atom stereocenters. The van der Waals surface area contributed by atoms with Crippen LogP contribution in [-0.2, 0) is 6.54 Å². The third-order valence-electron chi connectivity index (χ3n) is 7.26. The molecule has 2 aromatic carbocycles. The fraction of sp³-hybridized carbons (Fsp3) is 0.212. The van der Waals surface area contributed by atoms with E-state index in [-0.39, 0.29) is 13.0 Å². The lowest BCUT2D eigenvalue weighted by molar-refractivity contribution is 0.696. The van der Waals surface area contributed by atoms with Crippen molar-refractivity contribution in [3.8, 4) is 11.1 Å². The van der Waals surface area contributed by atoms with Crippen LogP contribution in [0, 0.1) is 0 Å². The lowest BCUT2D eigenvalue weighted by atomic mass is 9.99. The van der Waals surface area contributed by atoms with Gasteiger partial charge >= 0.3 is 0 Å². The van der Waals surface area contributed by atoms with Gasteiger partial charge in [0.25, 0.3) is 5.56 Å². The Bertz CT molecular complexity index is 2030. The number of benzene rings is 2. The van der Waals surface area contributed by atoms with Gasteiger partial charge in [-0.1, -0.05) is 90.6 Å². The molecule has 0 radical (unpaired) electrons. The minimum atomic E-state index is -0.151. The number of aliphatic imine (C=N–C) groups is 1. The van der Waals surface area contributed by atoms with Crippen LogP contribution < -0.4 is 16.2 Å². The molecule has 2 aliphatic heterocycles. The maximum absolute atomic E-state index is 12.9. The number of hydrogen-bond acceptors (Lipinski definition) is 10. The first-order valence-electron chi connectivity index (χ1n) is 14.0. The molecule has 46 heavy (non-hydrogen) atoms. The van der Waals surface area contributed by atoms with E-state index in [0.29, 0.717) is 40.0 Å². The molecule has 9 nitrogen and oxygen atoms in total. The van der Waals surface area contributed by atoms with Gasteiger partial charge in [-0.05, 0) is 36.8 Å². The first kappa shape index (κ1) is 33.6. The van der Waals surface area contributed by atoms with Gasteiger partial charge in [-0.2, -0.15) is 0 Å². The quantitative estimate of drug-likeness (QED) is 0.148. The number of halogens is 2. The lowest BCUT2D eigenvalue weighted by Crippen LogP contribution is -2.32. The summed E-state index contributed by atoms with van der Waals surface area (Å²) in [5, 5.41) is 3.44. The summed E-state index contributed by atoms with van der Waals surface area (Å²) in [4.78, 5) is 37.5. The van der Waals surface area contributed by atoms with Crippen molar-refractivity contribution in [1.82, 2.24) is 24.5 Å². The Labute approximate surface area is 286 Å². The summed E-state index contributed by atoms with van der Waals surface area (Å²) in [5.74, 6) is 1.89. The molecule has 2 aliphatic rings. The van der Waals surface area contributed by atoms with Gasteiger partial charge in [0.1, 0.15) is 17.3 Å². The molecule has 3 aromatic heterocycles. The Morgan fingerprint density at radius 3 is 2.22 bits per heavy atom. The van der Waals surface area contributed by atoms with E-state index in [2.05, 4.69) is 35.9 Å². The monoisotopic (exact) mass is 690 g/mol. The maximum atomic E-state index is 12.9. The average Bonchev–Trinajstić information content (AvgIpc) is 3.57. The zero-order chi connectivity index (χ0) is 31.5. The van der Waals surface area contributed by atoms with Crippen LogP contribution in [0.2, 0.25) is 10.0 Å². The minimum Gasteiger partial charge on any atom is -0.329 e. The van der Waals surface area contributed by atoms with E-state index in [4.69, 9.17) is 28.9 Å². The first-order chi connectivity index (χ1) is 21.9. The standard InChI is InChI=1S/C16H15ClN4OS.C16H13ClN4S.CH4/c1-23-16-19-9-10-8-12(11-4-2-3-5-13(11)17)15(22)21(7-6-18)14(10)20-16;1-22-16-19-9-10-8-12(11-4-2-3-5-13(11)17)15-18-6-7-21(15)14(10)20-16;/h2-5,8-9H,6-7,18H2,1H3;2-5,8-9H,6-7H2,1H3;1H4. The van der Waals surface area contributed by atoms with Crippen molar-refractivity contribution in [2.75, 3.05) is 37.0 Å². The molecule has 2 N–H and O–H groups in total.